The number of alkyl halides is 3. The number of aromatic nitrogens is 1. The number of hydrogen-bond donors (Lipinski definition) is 1. The number of methoxy groups -OCH3 is 3. The summed E-state index contributed by atoms with van der Waals surface area (Å²) in [6.45, 7) is 3.47. The van der Waals surface area contributed by atoms with Crippen LogP contribution in [0.15, 0.2) is 24.3 Å². The zero-order valence-electron chi connectivity index (χ0n) is 17.5. The molecule has 1 amide bonds. The van der Waals surface area contributed by atoms with Crippen LogP contribution in [0.5, 0.6) is 17.2 Å². The maximum atomic E-state index is 13.0. The van der Waals surface area contributed by atoms with Crippen LogP contribution in [0.3, 0.4) is 0 Å². The Balaban J connectivity index is 1.91. The fraction of sp³-hybridized carbons (Fsp3) is 0.333. The van der Waals surface area contributed by atoms with Crippen molar-refractivity contribution in [3.63, 3.8) is 0 Å². The number of nitrogens with zero attached hydrogens (tertiary/aromatic N) is 1. The number of carbonyl (C=O) groups is 1. The van der Waals surface area contributed by atoms with E-state index in [1.807, 2.05) is 0 Å². The van der Waals surface area contributed by atoms with E-state index in [9.17, 15) is 18.0 Å². The van der Waals surface area contributed by atoms with Crippen molar-refractivity contribution in [3.8, 4) is 17.2 Å². The Morgan fingerprint density at radius 3 is 2.23 bits per heavy atom. The van der Waals surface area contributed by atoms with Crippen LogP contribution in [0, 0.1) is 6.92 Å². The molecular formula is C21H21F3N2O4S. The topological polar surface area (TPSA) is 69.7 Å². The molecule has 6 nitrogen and oxygen atoms in total. The number of nitrogens with one attached hydrogen (secondary N) is 1. The second-order valence-electron chi connectivity index (χ2n) is 6.76. The average molecular weight is 454 g/mol. The molecule has 0 bridgehead atoms. The Morgan fingerprint density at radius 2 is 1.71 bits per heavy atom. The van der Waals surface area contributed by atoms with Crippen LogP contribution in [-0.2, 0) is 6.18 Å². The Bertz CT molecular complexity index is 1100. The van der Waals surface area contributed by atoms with Crippen molar-refractivity contribution in [1.29, 1.82) is 0 Å². The third kappa shape index (κ3) is 4.39. The zero-order chi connectivity index (χ0) is 22.9. The molecule has 10 heteroatoms. The quantitative estimate of drug-likeness (QED) is 0.559. The van der Waals surface area contributed by atoms with Gasteiger partial charge in [-0.25, -0.2) is 4.98 Å². The number of carbonyl (C=O) groups excluding carboxylic acids is 1. The first-order valence-corrected chi connectivity index (χ1v) is 10.0. The first kappa shape index (κ1) is 22.7. The summed E-state index contributed by atoms with van der Waals surface area (Å²) in [6.07, 6.45) is -4.55. The van der Waals surface area contributed by atoms with Crippen molar-refractivity contribution in [2.24, 2.45) is 0 Å². The van der Waals surface area contributed by atoms with E-state index < -0.39 is 23.8 Å². The van der Waals surface area contributed by atoms with Crippen molar-refractivity contribution in [2.45, 2.75) is 26.1 Å². The van der Waals surface area contributed by atoms with E-state index >= 15 is 0 Å². The molecule has 0 radical (unpaired) electrons. The summed E-state index contributed by atoms with van der Waals surface area (Å²) in [6, 6.07) is 5.27. The van der Waals surface area contributed by atoms with Gasteiger partial charge >= 0.3 is 6.18 Å². The molecule has 2 aromatic heterocycles. The van der Waals surface area contributed by atoms with Crippen molar-refractivity contribution in [2.75, 3.05) is 21.3 Å². The van der Waals surface area contributed by atoms with Gasteiger partial charge in [-0.05, 0) is 49.2 Å². The average Bonchev–Trinajstić information content (AvgIpc) is 3.07. The standard InChI is InChI=1S/C21H21F3N2O4S/c1-10-13-6-7-16(21(22,23)24)26-20(13)31-18(10)19(27)25-11(2)12-8-14(28-3)17(30-5)15(9-12)29-4/h6-9,11H,1-5H3,(H,25,27). The maximum Gasteiger partial charge on any atom is 0.433 e. The third-order valence-electron chi connectivity index (χ3n) is 4.83. The number of halogens is 3. The molecule has 1 atom stereocenters. The fourth-order valence-corrected chi connectivity index (χ4v) is 4.25. The summed E-state index contributed by atoms with van der Waals surface area (Å²) in [7, 11) is 4.48. The highest BCUT2D eigenvalue weighted by atomic mass is 32.1. The van der Waals surface area contributed by atoms with E-state index in [1.54, 1.807) is 26.0 Å². The number of pyridine rings is 1. The molecule has 0 spiro atoms. The predicted molar refractivity (Wildman–Crippen MR) is 111 cm³/mol. The Kier molecular flexibility index (Phi) is 6.30. The number of ether oxygens (including phenoxy) is 3. The highest BCUT2D eigenvalue weighted by Crippen LogP contribution is 2.40. The smallest absolute Gasteiger partial charge is 0.433 e. The van der Waals surface area contributed by atoms with Gasteiger partial charge in [-0.1, -0.05) is 0 Å². The molecule has 3 aromatic rings. The largest absolute Gasteiger partial charge is 0.493 e. The molecule has 0 saturated carbocycles. The van der Waals surface area contributed by atoms with E-state index in [2.05, 4.69) is 10.3 Å². The summed E-state index contributed by atoms with van der Waals surface area (Å²) in [4.78, 5) is 17.0. The van der Waals surface area contributed by atoms with Gasteiger partial charge in [0.15, 0.2) is 11.5 Å². The van der Waals surface area contributed by atoms with Crippen LogP contribution in [0.4, 0.5) is 13.2 Å². The van der Waals surface area contributed by atoms with Crippen LogP contribution < -0.4 is 19.5 Å². The lowest BCUT2D eigenvalue weighted by Gasteiger charge is -2.18. The van der Waals surface area contributed by atoms with Gasteiger partial charge in [-0.15, -0.1) is 11.3 Å². The van der Waals surface area contributed by atoms with E-state index in [0.717, 1.165) is 17.4 Å². The maximum absolute atomic E-state index is 13.0. The van der Waals surface area contributed by atoms with Gasteiger partial charge in [-0.2, -0.15) is 13.2 Å². The molecule has 31 heavy (non-hydrogen) atoms. The highest BCUT2D eigenvalue weighted by molar-refractivity contribution is 7.20. The minimum atomic E-state index is -4.55. The van der Waals surface area contributed by atoms with E-state index in [4.69, 9.17) is 14.2 Å². The Labute approximate surface area is 180 Å². The van der Waals surface area contributed by atoms with Gasteiger partial charge in [-0.3, -0.25) is 4.79 Å². The molecule has 0 aliphatic carbocycles. The Hall–Kier alpha value is -3.01. The van der Waals surface area contributed by atoms with Crippen LogP contribution in [0.25, 0.3) is 10.2 Å². The SMILES string of the molecule is COc1cc(C(C)NC(=O)c2sc3nc(C(F)(F)F)ccc3c2C)cc(OC)c1OC. The lowest BCUT2D eigenvalue weighted by Crippen LogP contribution is -2.26. The van der Waals surface area contributed by atoms with Gasteiger partial charge in [0.1, 0.15) is 10.5 Å². The van der Waals surface area contributed by atoms with Crippen LogP contribution >= 0.6 is 11.3 Å². The van der Waals surface area contributed by atoms with Gasteiger partial charge in [0.25, 0.3) is 5.91 Å². The molecule has 1 unspecified atom stereocenters. The highest BCUT2D eigenvalue weighted by Gasteiger charge is 2.33. The minimum absolute atomic E-state index is 0.165. The number of thiophene rings is 1. The molecule has 3 rings (SSSR count). The van der Waals surface area contributed by atoms with E-state index in [-0.39, 0.29) is 4.83 Å². The summed E-state index contributed by atoms with van der Waals surface area (Å²) in [5, 5.41) is 3.39. The van der Waals surface area contributed by atoms with Crippen molar-refractivity contribution >= 4 is 27.5 Å². The van der Waals surface area contributed by atoms with Gasteiger partial charge < -0.3 is 19.5 Å². The number of amides is 1. The van der Waals surface area contributed by atoms with Crippen molar-refractivity contribution in [3.05, 3.63) is 46.0 Å². The number of fused-ring (bicyclic) bond motifs is 1. The fourth-order valence-electron chi connectivity index (χ4n) is 3.17. The molecule has 0 aliphatic rings. The molecule has 1 N–H and O–H groups in total. The van der Waals surface area contributed by atoms with Crippen molar-refractivity contribution in [1.82, 2.24) is 10.3 Å². The Morgan fingerprint density at radius 1 is 1.10 bits per heavy atom. The minimum Gasteiger partial charge on any atom is -0.493 e. The lowest BCUT2D eigenvalue weighted by atomic mass is 10.1. The normalized spacial score (nSPS) is 12.5. The van der Waals surface area contributed by atoms with Gasteiger partial charge in [0.05, 0.1) is 32.2 Å². The molecule has 0 saturated heterocycles. The van der Waals surface area contributed by atoms with Gasteiger partial charge in [0, 0.05) is 5.39 Å². The van der Waals surface area contributed by atoms with Gasteiger partial charge in [0.2, 0.25) is 5.75 Å². The number of benzene rings is 1. The van der Waals surface area contributed by atoms with Crippen LogP contribution in [-0.4, -0.2) is 32.2 Å². The first-order chi connectivity index (χ1) is 14.6. The predicted octanol–water partition coefficient (Wildman–Crippen LogP) is 5.14. The third-order valence-corrected chi connectivity index (χ3v) is 6.04. The van der Waals surface area contributed by atoms with Crippen LogP contribution in [0.2, 0.25) is 0 Å². The summed E-state index contributed by atoms with van der Waals surface area (Å²) < 4.78 is 54.8. The molecular weight excluding hydrogens is 433 g/mol. The zero-order valence-corrected chi connectivity index (χ0v) is 18.3. The molecule has 2 heterocycles. The molecule has 1 aromatic carbocycles. The molecule has 166 valence electrons. The summed E-state index contributed by atoms with van der Waals surface area (Å²) >= 11 is 0.928. The van der Waals surface area contributed by atoms with Crippen molar-refractivity contribution < 1.29 is 32.2 Å². The second-order valence-corrected chi connectivity index (χ2v) is 7.76. The summed E-state index contributed by atoms with van der Waals surface area (Å²) in [5.74, 6) is 0.911. The van der Waals surface area contributed by atoms with E-state index in [0.29, 0.717) is 38.6 Å². The first-order valence-electron chi connectivity index (χ1n) is 9.18. The number of hydrogen-bond acceptors (Lipinski definition) is 6. The van der Waals surface area contributed by atoms with Crippen LogP contribution in [0.1, 0.15) is 39.5 Å². The lowest BCUT2D eigenvalue weighted by molar-refractivity contribution is -0.140. The number of rotatable bonds is 6. The molecule has 0 aliphatic heterocycles. The summed E-state index contributed by atoms with van der Waals surface area (Å²) in [5.41, 5.74) is 0.300. The second kappa shape index (κ2) is 8.62. The number of aryl methyl sites for hydroxylation is 1. The van der Waals surface area contributed by atoms with E-state index in [1.165, 1.54) is 27.4 Å². The molecule has 0 fully saturated rings. The monoisotopic (exact) mass is 454 g/mol.